The first-order valence-electron chi connectivity index (χ1n) is 4.85. The van der Waals surface area contributed by atoms with Crippen LogP contribution in [0, 0.1) is 13.0 Å². The third-order valence-electron chi connectivity index (χ3n) is 2.09. The van der Waals surface area contributed by atoms with Gasteiger partial charge in [0.1, 0.15) is 0 Å². The van der Waals surface area contributed by atoms with Gasteiger partial charge in [0.05, 0.1) is 0 Å². The number of hydrogen-bond donors (Lipinski definition) is 0. The van der Waals surface area contributed by atoms with Crippen molar-refractivity contribution in [3.63, 3.8) is 0 Å². The van der Waals surface area contributed by atoms with E-state index in [9.17, 15) is 0 Å². The molecule has 2 aromatic heterocycles. The molecule has 0 spiro atoms. The molecule has 2 heterocycles. The predicted molar refractivity (Wildman–Crippen MR) is 55.2 cm³/mol. The average Bonchev–Trinajstić information content (AvgIpc) is 2.65. The average molecular weight is 291 g/mol. The summed E-state index contributed by atoms with van der Waals surface area (Å²) in [4.78, 5) is 4.26. The molecule has 0 fully saturated rings. The number of pyridine rings is 1. The molecule has 2 rings (SSSR count). The van der Waals surface area contributed by atoms with Gasteiger partial charge in [0, 0.05) is 45.3 Å². The molecule has 0 saturated heterocycles. The number of rotatable bonds is 2. The second-order valence-electron chi connectivity index (χ2n) is 3.67. The van der Waals surface area contributed by atoms with Crippen LogP contribution in [0.4, 0.5) is 0 Å². The van der Waals surface area contributed by atoms with Gasteiger partial charge in [-0.3, -0.25) is 0 Å². The molecule has 0 aliphatic rings. The van der Waals surface area contributed by atoms with Crippen LogP contribution in [0.25, 0.3) is 11.6 Å². The molecule has 4 nitrogen and oxygen atoms in total. The van der Waals surface area contributed by atoms with Gasteiger partial charge in [-0.1, -0.05) is 20.0 Å². The van der Waals surface area contributed by atoms with E-state index in [2.05, 4.69) is 35.1 Å². The van der Waals surface area contributed by atoms with E-state index >= 15 is 0 Å². The van der Waals surface area contributed by atoms with E-state index in [0.717, 1.165) is 5.56 Å². The van der Waals surface area contributed by atoms with Crippen LogP contribution in [0.2, 0.25) is 0 Å². The Balaban J connectivity index is 0.00000128. The second kappa shape index (κ2) is 5.64. The normalized spacial score (nSPS) is 10.2. The minimum Gasteiger partial charge on any atom is -0.431 e. The van der Waals surface area contributed by atoms with Gasteiger partial charge in [-0.2, -0.15) is 6.07 Å². The Morgan fingerprint density at radius 2 is 2.06 bits per heavy atom. The van der Waals surface area contributed by atoms with E-state index in [4.69, 9.17) is 4.42 Å². The topological polar surface area (TPSA) is 51.8 Å². The summed E-state index contributed by atoms with van der Waals surface area (Å²) in [6, 6.07) is 4.93. The molecule has 0 aliphatic heterocycles. The van der Waals surface area contributed by atoms with Crippen LogP contribution in [0.5, 0.6) is 0 Å². The molecule has 0 unspecified atom stereocenters. The van der Waals surface area contributed by atoms with E-state index in [1.54, 1.807) is 19.2 Å². The summed E-state index contributed by atoms with van der Waals surface area (Å²) < 4.78 is 5.27. The van der Waals surface area contributed by atoms with Gasteiger partial charge < -0.3 is 9.40 Å². The van der Waals surface area contributed by atoms with Crippen molar-refractivity contribution < 1.29 is 37.1 Å². The zero-order valence-corrected chi connectivity index (χ0v) is 12.4. The Kier molecular flexibility index (Phi) is 4.75. The van der Waals surface area contributed by atoms with Gasteiger partial charge in [-0.15, -0.1) is 21.8 Å². The Hall–Kier alpha value is -0.606. The Morgan fingerprint density at radius 3 is 2.50 bits per heavy atom. The summed E-state index contributed by atoms with van der Waals surface area (Å²) in [5.41, 5.74) is 1.75. The van der Waals surface area contributed by atoms with Gasteiger partial charge in [0.15, 0.2) is 0 Å². The molecule has 2 aromatic rings. The van der Waals surface area contributed by atoms with Gasteiger partial charge in [-0.05, 0) is 5.92 Å². The fourth-order valence-corrected chi connectivity index (χ4v) is 1.20. The summed E-state index contributed by atoms with van der Waals surface area (Å²) >= 11 is 0. The van der Waals surface area contributed by atoms with E-state index in [-0.39, 0.29) is 32.7 Å². The third-order valence-corrected chi connectivity index (χ3v) is 2.09. The molecule has 0 bridgehead atoms. The first-order valence-corrected chi connectivity index (χ1v) is 4.85. The van der Waals surface area contributed by atoms with Gasteiger partial charge in [-0.25, -0.2) is 0 Å². The summed E-state index contributed by atoms with van der Waals surface area (Å²) in [6.45, 7) is 5.96. The first kappa shape index (κ1) is 13.5. The van der Waals surface area contributed by atoms with Crippen LogP contribution < -0.4 is 0 Å². The number of aromatic nitrogens is 3. The van der Waals surface area contributed by atoms with Crippen molar-refractivity contribution in [1.29, 1.82) is 0 Å². The van der Waals surface area contributed by atoms with Gasteiger partial charge in [0.2, 0.25) is 11.8 Å². The molecule has 1 radical (unpaired) electrons. The van der Waals surface area contributed by atoms with E-state index in [1.165, 1.54) is 0 Å². The van der Waals surface area contributed by atoms with Crippen LogP contribution in [0.1, 0.15) is 31.2 Å². The second-order valence-corrected chi connectivity index (χ2v) is 3.67. The molecular weight excluding hydrogens is 279 g/mol. The summed E-state index contributed by atoms with van der Waals surface area (Å²) in [6.07, 6.45) is 1.79. The van der Waals surface area contributed by atoms with Crippen molar-refractivity contribution in [2.24, 2.45) is 0 Å². The van der Waals surface area contributed by atoms with Crippen molar-refractivity contribution in [2.45, 2.75) is 26.7 Å². The molecule has 0 amide bonds. The Bertz CT molecular complexity index is 451. The number of hydrogen-bond acceptors (Lipinski definition) is 4. The van der Waals surface area contributed by atoms with Crippen molar-refractivity contribution in [1.82, 2.24) is 15.2 Å². The fraction of sp³-hybridized carbons (Fsp3) is 0.364. The molecule has 0 saturated carbocycles. The SMILES string of the molecule is Cc1nnc(-c2c[c-]c(C(C)C)cn2)o1.[Y]. The summed E-state index contributed by atoms with van der Waals surface area (Å²) in [7, 11) is 0. The fourth-order valence-electron chi connectivity index (χ4n) is 1.20. The van der Waals surface area contributed by atoms with E-state index < -0.39 is 0 Å². The Labute approximate surface area is 120 Å². The van der Waals surface area contributed by atoms with Crippen LogP contribution in [0.3, 0.4) is 0 Å². The first-order chi connectivity index (χ1) is 7.16. The molecule has 0 aromatic carbocycles. The van der Waals surface area contributed by atoms with Crippen LogP contribution >= 0.6 is 0 Å². The molecule has 0 N–H and O–H groups in total. The number of nitrogens with zero attached hydrogens (tertiary/aromatic N) is 3. The third kappa shape index (κ3) is 2.95. The summed E-state index contributed by atoms with van der Waals surface area (Å²) in [5, 5.41) is 7.64. The maximum Gasteiger partial charge on any atom is 0.212 e. The van der Waals surface area contributed by atoms with Gasteiger partial charge in [0.25, 0.3) is 0 Å². The van der Waals surface area contributed by atoms with Crippen LogP contribution in [0.15, 0.2) is 16.7 Å². The summed E-state index contributed by atoms with van der Waals surface area (Å²) in [5.74, 6) is 1.41. The monoisotopic (exact) mass is 291 g/mol. The van der Waals surface area contributed by atoms with Crippen LogP contribution in [-0.4, -0.2) is 15.2 Å². The van der Waals surface area contributed by atoms with Crippen LogP contribution in [-0.2, 0) is 32.7 Å². The zero-order chi connectivity index (χ0) is 10.8. The standard InChI is InChI=1S/C11H12N3O.Y/c1-7(2)9-4-5-10(12-6-9)11-14-13-8(3)15-11;/h5-7H,1-3H3;/q-1;. The number of aryl methyl sites for hydroxylation is 1. The van der Waals surface area contributed by atoms with E-state index in [0.29, 0.717) is 23.4 Å². The maximum absolute atomic E-state index is 5.27. The smallest absolute Gasteiger partial charge is 0.212 e. The minimum atomic E-state index is 0. The molecule has 16 heavy (non-hydrogen) atoms. The van der Waals surface area contributed by atoms with Crippen molar-refractivity contribution in [3.8, 4) is 11.6 Å². The molecule has 5 heteroatoms. The van der Waals surface area contributed by atoms with Crippen molar-refractivity contribution >= 4 is 0 Å². The van der Waals surface area contributed by atoms with Gasteiger partial charge >= 0.3 is 0 Å². The molecule has 0 aliphatic carbocycles. The Morgan fingerprint density at radius 1 is 1.31 bits per heavy atom. The van der Waals surface area contributed by atoms with Crippen molar-refractivity contribution in [3.05, 3.63) is 29.8 Å². The predicted octanol–water partition coefficient (Wildman–Crippen LogP) is 2.36. The zero-order valence-electron chi connectivity index (χ0n) is 9.56. The minimum absolute atomic E-state index is 0. The maximum atomic E-state index is 5.27. The molecule has 81 valence electrons. The molecular formula is C11H12N3OY-. The largest absolute Gasteiger partial charge is 0.431 e. The molecule has 0 atom stereocenters. The quantitative estimate of drug-likeness (QED) is 0.797. The van der Waals surface area contributed by atoms with E-state index in [1.807, 2.05) is 0 Å². The van der Waals surface area contributed by atoms with Crippen molar-refractivity contribution in [2.75, 3.05) is 0 Å².